The first-order valence-electron chi connectivity index (χ1n) is 9.31. The van der Waals surface area contributed by atoms with Crippen molar-refractivity contribution in [3.63, 3.8) is 0 Å². The molecule has 4 atom stereocenters. The van der Waals surface area contributed by atoms with Crippen molar-refractivity contribution in [1.82, 2.24) is 9.80 Å². The van der Waals surface area contributed by atoms with Crippen LogP contribution in [0.5, 0.6) is 0 Å². The smallest absolute Gasteiger partial charge is 0.239 e. The molecule has 23 heavy (non-hydrogen) atoms. The van der Waals surface area contributed by atoms with Gasteiger partial charge in [-0.2, -0.15) is 0 Å². The van der Waals surface area contributed by atoms with E-state index in [9.17, 15) is 4.79 Å². The molecule has 2 fully saturated rings. The molecule has 0 saturated carbocycles. The van der Waals surface area contributed by atoms with Crippen LogP contribution in [0.4, 0.5) is 0 Å². The van der Waals surface area contributed by atoms with E-state index in [0.29, 0.717) is 12.0 Å². The second kappa shape index (κ2) is 9.85. The lowest BCUT2D eigenvalue weighted by atomic mass is 9.93. The third-order valence-corrected chi connectivity index (χ3v) is 5.81. The van der Waals surface area contributed by atoms with Gasteiger partial charge in [0.25, 0.3) is 0 Å². The number of carbonyl (C=O) groups is 1. The number of nitrogens with zero attached hydrogens (tertiary/aromatic N) is 2. The van der Waals surface area contributed by atoms with E-state index in [4.69, 9.17) is 5.73 Å². The van der Waals surface area contributed by atoms with E-state index in [2.05, 4.69) is 25.7 Å². The summed E-state index contributed by atoms with van der Waals surface area (Å²) >= 11 is 0. The predicted octanol–water partition coefficient (Wildman–Crippen LogP) is 2.89. The summed E-state index contributed by atoms with van der Waals surface area (Å²) in [5.41, 5.74) is 6.15. The van der Waals surface area contributed by atoms with Crippen molar-refractivity contribution in [2.45, 2.75) is 71.4 Å². The van der Waals surface area contributed by atoms with E-state index in [1.54, 1.807) is 0 Å². The van der Waals surface area contributed by atoms with Gasteiger partial charge in [-0.15, -0.1) is 12.4 Å². The summed E-state index contributed by atoms with van der Waals surface area (Å²) in [6.07, 6.45) is 7.39. The van der Waals surface area contributed by atoms with Gasteiger partial charge in [-0.1, -0.05) is 26.7 Å². The normalized spacial score (nSPS) is 28.8. The fourth-order valence-corrected chi connectivity index (χ4v) is 3.88. The summed E-state index contributed by atoms with van der Waals surface area (Å²) < 4.78 is 0. The first kappa shape index (κ1) is 20.7. The Morgan fingerprint density at radius 3 is 2.61 bits per heavy atom. The number of hydrogen-bond donors (Lipinski definition) is 1. The second-order valence-electron chi connectivity index (χ2n) is 7.54. The number of hydrogen-bond acceptors (Lipinski definition) is 3. The molecule has 0 spiro atoms. The largest absolute Gasteiger partial charge is 0.341 e. The SMILES string of the molecule is CCC(C)C(N)C(=O)N1CCCC(CN2CCCCC2C)C1.Cl. The van der Waals surface area contributed by atoms with Crippen molar-refractivity contribution in [1.29, 1.82) is 0 Å². The summed E-state index contributed by atoms with van der Waals surface area (Å²) in [6, 6.07) is 0.389. The molecule has 2 heterocycles. The van der Waals surface area contributed by atoms with Crippen molar-refractivity contribution in [2.75, 3.05) is 26.2 Å². The first-order valence-corrected chi connectivity index (χ1v) is 9.31. The Balaban J connectivity index is 0.00000264. The molecule has 0 aromatic heterocycles. The molecule has 2 N–H and O–H groups in total. The number of nitrogens with two attached hydrogens (primary N) is 1. The van der Waals surface area contributed by atoms with Crippen LogP contribution in [0.3, 0.4) is 0 Å². The van der Waals surface area contributed by atoms with Gasteiger partial charge in [-0.25, -0.2) is 0 Å². The zero-order valence-corrected chi connectivity index (χ0v) is 16.0. The maximum absolute atomic E-state index is 12.6. The summed E-state index contributed by atoms with van der Waals surface area (Å²) in [5, 5.41) is 0. The lowest BCUT2D eigenvalue weighted by Gasteiger charge is -2.40. The lowest BCUT2D eigenvalue weighted by Crippen LogP contribution is -2.52. The zero-order chi connectivity index (χ0) is 16.1. The lowest BCUT2D eigenvalue weighted by molar-refractivity contribution is -0.135. The summed E-state index contributed by atoms with van der Waals surface area (Å²) in [6.45, 7) is 10.7. The van der Waals surface area contributed by atoms with Crippen LogP contribution in [-0.4, -0.2) is 54.0 Å². The third-order valence-electron chi connectivity index (χ3n) is 5.81. The van der Waals surface area contributed by atoms with Crippen LogP contribution in [0, 0.1) is 11.8 Å². The van der Waals surface area contributed by atoms with E-state index in [-0.39, 0.29) is 30.3 Å². The van der Waals surface area contributed by atoms with Crippen molar-refractivity contribution in [3.05, 3.63) is 0 Å². The van der Waals surface area contributed by atoms with E-state index >= 15 is 0 Å². The maximum atomic E-state index is 12.6. The molecule has 4 nitrogen and oxygen atoms in total. The molecule has 1 amide bonds. The zero-order valence-electron chi connectivity index (χ0n) is 15.2. The molecule has 2 aliphatic rings. The molecular weight excluding hydrogens is 310 g/mol. The Bertz CT molecular complexity index is 366. The highest BCUT2D eigenvalue weighted by Crippen LogP contribution is 2.23. The number of halogens is 1. The van der Waals surface area contributed by atoms with Crippen LogP contribution in [0.2, 0.25) is 0 Å². The molecule has 0 aromatic carbocycles. The van der Waals surface area contributed by atoms with Gasteiger partial charge >= 0.3 is 0 Å². The number of rotatable bonds is 5. The highest BCUT2D eigenvalue weighted by molar-refractivity contribution is 5.85. The molecule has 5 heteroatoms. The number of amides is 1. The van der Waals surface area contributed by atoms with Gasteiger partial charge in [-0.05, 0) is 51.0 Å². The Morgan fingerprint density at radius 2 is 1.96 bits per heavy atom. The fourth-order valence-electron chi connectivity index (χ4n) is 3.88. The van der Waals surface area contributed by atoms with Crippen molar-refractivity contribution in [3.8, 4) is 0 Å². The minimum absolute atomic E-state index is 0. The van der Waals surface area contributed by atoms with Crippen LogP contribution in [0.1, 0.15) is 59.3 Å². The van der Waals surface area contributed by atoms with Crippen LogP contribution < -0.4 is 5.73 Å². The second-order valence-corrected chi connectivity index (χ2v) is 7.54. The molecule has 0 aromatic rings. The predicted molar refractivity (Wildman–Crippen MR) is 98.9 cm³/mol. The fraction of sp³-hybridized carbons (Fsp3) is 0.944. The molecule has 136 valence electrons. The quantitative estimate of drug-likeness (QED) is 0.833. The van der Waals surface area contributed by atoms with Gasteiger partial charge in [-0.3, -0.25) is 4.79 Å². The Kier molecular flexibility index (Phi) is 8.88. The van der Waals surface area contributed by atoms with E-state index in [0.717, 1.165) is 32.5 Å². The summed E-state index contributed by atoms with van der Waals surface area (Å²) in [5.74, 6) is 1.07. The van der Waals surface area contributed by atoms with Crippen LogP contribution >= 0.6 is 12.4 Å². The molecule has 2 rings (SSSR count). The van der Waals surface area contributed by atoms with Crippen molar-refractivity contribution < 1.29 is 4.79 Å². The Morgan fingerprint density at radius 1 is 1.22 bits per heavy atom. The van der Waals surface area contributed by atoms with Crippen LogP contribution in [0.25, 0.3) is 0 Å². The van der Waals surface area contributed by atoms with Gasteiger partial charge in [0.2, 0.25) is 5.91 Å². The van der Waals surface area contributed by atoms with Crippen molar-refractivity contribution in [2.24, 2.45) is 17.6 Å². The van der Waals surface area contributed by atoms with E-state index in [1.807, 2.05) is 4.90 Å². The minimum atomic E-state index is -0.322. The summed E-state index contributed by atoms with van der Waals surface area (Å²) in [7, 11) is 0. The molecule has 2 aliphatic heterocycles. The first-order chi connectivity index (χ1) is 10.5. The minimum Gasteiger partial charge on any atom is -0.341 e. The van der Waals surface area contributed by atoms with Gasteiger partial charge in [0.15, 0.2) is 0 Å². The van der Waals surface area contributed by atoms with Crippen LogP contribution in [-0.2, 0) is 4.79 Å². The average Bonchev–Trinajstić information content (AvgIpc) is 2.55. The molecule has 0 bridgehead atoms. The number of carbonyl (C=O) groups excluding carboxylic acids is 1. The Hall–Kier alpha value is -0.320. The van der Waals surface area contributed by atoms with Gasteiger partial charge in [0, 0.05) is 25.7 Å². The molecule has 0 radical (unpaired) electrons. The van der Waals surface area contributed by atoms with Crippen molar-refractivity contribution >= 4 is 18.3 Å². The highest BCUT2D eigenvalue weighted by Gasteiger charge is 2.31. The molecular formula is C18H36ClN3O. The van der Waals surface area contributed by atoms with E-state index in [1.165, 1.54) is 32.2 Å². The van der Waals surface area contributed by atoms with Crippen LogP contribution in [0.15, 0.2) is 0 Å². The highest BCUT2D eigenvalue weighted by atomic mass is 35.5. The average molecular weight is 346 g/mol. The van der Waals surface area contributed by atoms with Gasteiger partial charge in [0.1, 0.15) is 0 Å². The molecule has 4 unspecified atom stereocenters. The standard InChI is InChI=1S/C18H35N3O.ClH/c1-4-14(2)17(19)18(22)21-11-7-9-16(13-21)12-20-10-6-5-8-15(20)3;/h14-17H,4-13,19H2,1-3H3;1H. The topological polar surface area (TPSA) is 49.6 Å². The number of piperidine rings is 2. The third kappa shape index (κ3) is 5.61. The Labute approximate surface area is 148 Å². The summed E-state index contributed by atoms with van der Waals surface area (Å²) in [4.78, 5) is 17.3. The monoisotopic (exact) mass is 345 g/mol. The molecule has 2 saturated heterocycles. The molecule has 0 aliphatic carbocycles. The van der Waals surface area contributed by atoms with Gasteiger partial charge in [0.05, 0.1) is 6.04 Å². The number of likely N-dealkylation sites (tertiary alicyclic amines) is 2. The van der Waals surface area contributed by atoms with Gasteiger partial charge < -0.3 is 15.5 Å². The van der Waals surface area contributed by atoms with E-state index < -0.39 is 0 Å². The maximum Gasteiger partial charge on any atom is 0.239 e.